The number of aromatic nitrogens is 1. The number of para-hydroxylation sites is 1. The van der Waals surface area contributed by atoms with Crippen molar-refractivity contribution in [3.8, 4) is 11.3 Å². The molecule has 0 saturated carbocycles. The number of nitrogens with two attached hydrogens (primary N) is 1. The normalized spacial score (nSPS) is 16.2. The summed E-state index contributed by atoms with van der Waals surface area (Å²) < 4.78 is 0. The number of pyridine rings is 1. The summed E-state index contributed by atoms with van der Waals surface area (Å²) in [4.78, 5) is 31.4. The van der Waals surface area contributed by atoms with Crippen molar-refractivity contribution >= 4 is 17.5 Å². The minimum atomic E-state index is -0.292. The topological polar surface area (TPSA) is 88.3 Å². The molecular weight excluding hydrogens is 388 g/mol. The van der Waals surface area contributed by atoms with Crippen LogP contribution in [0.2, 0.25) is 0 Å². The molecule has 1 fully saturated rings. The highest BCUT2D eigenvalue weighted by molar-refractivity contribution is 6.05. The zero-order chi connectivity index (χ0) is 21.8. The molecular formula is C25H26N4O2. The number of amides is 2. The molecule has 0 aliphatic carbocycles. The van der Waals surface area contributed by atoms with Crippen molar-refractivity contribution in [1.29, 1.82) is 0 Å². The molecule has 3 aromatic rings. The van der Waals surface area contributed by atoms with E-state index >= 15 is 0 Å². The van der Waals surface area contributed by atoms with Gasteiger partial charge < -0.3 is 11.1 Å². The minimum Gasteiger partial charge on any atom is -0.368 e. The lowest BCUT2D eigenvalue weighted by Crippen LogP contribution is -2.39. The lowest BCUT2D eigenvalue weighted by atomic mass is 10.1. The molecule has 158 valence electrons. The average molecular weight is 415 g/mol. The second kappa shape index (κ2) is 9.10. The monoisotopic (exact) mass is 414 g/mol. The predicted molar refractivity (Wildman–Crippen MR) is 121 cm³/mol. The molecule has 6 heteroatoms. The maximum atomic E-state index is 13.0. The zero-order valence-electron chi connectivity index (χ0n) is 17.5. The van der Waals surface area contributed by atoms with Crippen molar-refractivity contribution in [1.82, 2.24) is 9.88 Å². The molecule has 1 saturated heterocycles. The van der Waals surface area contributed by atoms with Crippen molar-refractivity contribution in [3.05, 3.63) is 83.6 Å². The Hall–Kier alpha value is -3.51. The summed E-state index contributed by atoms with van der Waals surface area (Å²) in [5, 5.41) is 3.02. The number of nitrogens with one attached hydrogen (secondary N) is 1. The first-order valence-electron chi connectivity index (χ1n) is 10.5. The third-order valence-electron chi connectivity index (χ3n) is 5.73. The first kappa shape index (κ1) is 20.8. The molecule has 4 rings (SSSR count). The molecule has 1 unspecified atom stereocenters. The van der Waals surface area contributed by atoms with Crippen LogP contribution in [-0.4, -0.2) is 34.3 Å². The smallest absolute Gasteiger partial charge is 0.257 e. The Morgan fingerprint density at radius 3 is 2.55 bits per heavy atom. The fourth-order valence-corrected chi connectivity index (χ4v) is 4.10. The van der Waals surface area contributed by atoms with Gasteiger partial charge in [0, 0.05) is 17.8 Å². The van der Waals surface area contributed by atoms with Crippen molar-refractivity contribution in [2.45, 2.75) is 32.4 Å². The summed E-state index contributed by atoms with van der Waals surface area (Å²) in [7, 11) is 0. The second-order valence-corrected chi connectivity index (χ2v) is 7.84. The summed E-state index contributed by atoms with van der Waals surface area (Å²) in [6, 6.07) is 21.0. The molecule has 1 atom stereocenters. The molecule has 1 aromatic heterocycles. The molecule has 0 spiro atoms. The van der Waals surface area contributed by atoms with E-state index in [9.17, 15) is 9.59 Å². The van der Waals surface area contributed by atoms with Crippen LogP contribution in [0.4, 0.5) is 5.69 Å². The quantitative estimate of drug-likeness (QED) is 0.643. The van der Waals surface area contributed by atoms with Gasteiger partial charge in [0.05, 0.1) is 23.0 Å². The zero-order valence-corrected chi connectivity index (χ0v) is 17.5. The Bertz CT molecular complexity index is 1100. The molecule has 31 heavy (non-hydrogen) atoms. The van der Waals surface area contributed by atoms with E-state index in [-0.39, 0.29) is 17.9 Å². The maximum Gasteiger partial charge on any atom is 0.257 e. The number of carbonyl (C=O) groups is 2. The predicted octanol–water partition coefficient (Wildman–Crippen LogP) is 3.76. The summed E-state index contributed by atoms with van der Waals surface area (Å²) in [5.41, 5.74) is 10.3. The van der Waals surface area contributed by atoms with Crippen LogP contribution in [0, 0.1) is 6.92 Å². The molecule has 0 radical (unpaired) electrons. The Kier molecular flexibility index (Phi) is 6.09. The fraction of sp³-hybridized carbons (Fsp3) is 0.240. The van der Waals surface area contributed by atoms with Crippen molar-refractivity contribution in [3.63, 3.8) is 0 Å². The van der Waals surface area contributed by atoms with E-state index in [1.807, 2.05) is 73.7 Å². The summed E-state index contributed by atoms with van der Waals surface area (Å²) >= 11 is 0. The number of primary amides is 1. The van der Waals surface area contributed by atoms with Gasteiger partial charge in [-0.05, 0) is 50.1 Å². The highest BCUT2D eigenvalue weighted by Gasteiger charge is 2.29. The van der Waals surface area contributed by atoms with Crippen molar-refractivity contribution < 1.29 is 9.59 Å². The molecule has 2 aromatic carbocycles. The SMILES string of the molecule is Cc1nc(-c2ccccc2)ccc1C(=O)Nc1ccccc1CN1CCCC1C(N)=O. The number of rotatable bonds is 6. The lowest BCUT2D eigenvalue weighted by Gasteiger charge is -2.23. The van der Waals surface area contributed by atoms with Crippen LogP contribution in [0.1, 0.15) is 34.5 Å². The molecule has 1 aliphatic heterocycles. The number of anilines is 1. The highest BCUT2D eigenvalue weighted by Crippen LogP contribution is 2.25. The van der Waals surface area contributed by atoms with E-state index in [0.717, 1.165) is 41.9 Å². The van der Waals surface area contributed by atoms with E-state index in [4.69, 9.17) is 5.73 Å². The summed E-state index contributed by atoms with van der Waals surface area (Å²) in [5.74, 6) is -0.496. The van der Waals surface area contributed by atoms with Gasteiger partial charge in [-0.2, -0.15) is 0 Å². The van der Waals surface area contributed by atoms with Gasteiger partial charge in [0.25, 0.3) is 5.91 Å². The number of benzene rings is 2. The first-order valence-corrected chi connectivity index (χ1v) is 10.5. The number of hydrogen-bond donors (Lipinski definition) is 2. The molecule has 1 aliphatic rings. The van der Waals surface area contributed by atoms with Gasteiger partial charge in [0.15, 0.2) is 0 Å². The lowest BCUT2D eigenvalue weighted by molar-refractivity contribution is -0.122. The number of hydrogen-bond acceptors (Lipinski definition) is 4. The second-order valence-electron chi connectivity index (χ2n) is 7.84. The van der Waals surface area contributed by atoms with E-state index < -0.39 is 0 Å². The Labute approximate surface area is 182 Å². The van der Waals surface area contributed by atoms with Crippen LogP contribution in [0.5, 0.6) is 0 Å². The maximum absolute atomic E-state index is 13.0. The summed E-state index contributed by atoms with van der Waals surface area (Å²) in [6.07, 6.45) is 1.73. The van der Waals surface area contributed by atoms with Crippen LogP contribution >= 0.6 is 0 Å². The summed E-state index contributed by atoms with van der Waals surface area (Å²) in [6.45, 7) is 3.23. The fourth-order valence-electron chi connectivity index (χ4n) is 4.10. The van der Waals surface area contributed by atoms with Gasteiger partial charge >= 0.3 is 0 Å². The van der Waals surface area contributed by atoms with E-state index in [1.165, 1.54) is 0 Å². The van der Waals surface area contributed by atoms with E-state index in [1.54, 1.807) is 0 Å². The standard InChI is InChI=1S/C25H26N4O2/c1-17-20(13-14-22(27-17)18-8-3-2-4-9-18)25(31)28-21-11-6-5-10-19(21)16-29-15-7-12-23(29)24(26)30/h2-6,8-11,13-14,23H,7,12,15-16H2,1H3,(H2,26,30)(H,28,31). The van der Waals surface area contributed by atoms with Crippen LogP contribution in [-0.2, 0) is 11.3 Å². The van der Waals surface area contributed by atoms with Crippen LogP contribution in [0.15, 0.2) is 66.7 Å². The average Bonchev–Trinajstić information content (AvgIpc) is 3.24. The number of nitrogens with zero attached hydrogens (tertiary/aromatic N) is 2. The molecule has 2 heterocycles. The van der Waals surface area contributed by atoms with Gasteiger partial charge in [-0.1, -0.05) is 48.5 Å². The molecule has 2 amide bonds. The van der Waals surface area contributed by atoms with Gasteiger partial charge in [-0.15, -0.1) is 0 Å². The molecule has 0 bridgehead atoms. The number of likely N-dealkylation sites (tertiary alicyclic amines) is 1. The minimum absolute atomic E-state index is 0.204. The molecule has 3 N–H and O–H groups in total. The third-order valence-corrected chi connectivity index (χ3v) is 5.73. The molecule has 6 nitrogen and oxygen atoms in total. The highest BCUT2D eigenvalue weighted by atomic mass is 16.2. The van der Waals surface area contributed by atoms with Crippen LogP contribution in [0.3, 0.4) is 0 Å². The van der Waals surface area contributed by atoms with Gasteiger partial charge in [0.1, 0.15) is 0 Å². The van der Waals surface area contributed by atoms with Gasteiger partial charge in [-0.3, -0.25) is 19.5 Å². The Morgan fingerprint density at radius 1 is 1.06 bits per heavy atom. The van der Waals surface area contributed by atoms with Crippen LogP contribution < -0.4 is 11.1 Å². The van der Waals surface area contributed by atoms with Gasteiger partial charge in [-0.25, -0.2) is 0 Å². The van der Waals surface area contributed by atoms with Crippen molar-refractivity contribution in [2.24, 2.45) is 5.73 Å². The largest absolute Gasteiger partial charge is 0.368 e. The third kappa shape index (κ3) is 4.64. The number of carbonyl (C=O) groups excluding carboxylic acids is 2. The van der Waals surface area contributed by atoms with Crippen LogP contribution in [0.25, 0.3) is 11.3 Å². The number of aryl methyl sites for hydroxylation is 1. The van der Waals surface area contributed by atoms with E-state index in [2.05, 4.69) is 15.2 Å². The first-order chi connectivity index (χ1) is 15.0. The van der Waals surface area contributed by atoms with E-state index in [0.29, 0.717) is 17.8 Å². The Balaban J connectivity index is 1.52. The van der Waals surface area contributed by atoms with Gasteiger partial charge in [0.2, 0.25) is 5.91 Å². The Morgan fingerprint density at radius 2 is 1.81 bits per heavy atom. The van der Waals surface area contributed by atoms with Crippen molar-refractivity contribution in [2.75, 3.05) is 11.9 Å².